The van der Waals surface area contributed by atoms with E-state index >= 15 is 0 Å². The van der Waals surface area contributed by atoms with E-state index in [9.17, 15) is 9.59 Å². The number of aromatic amines is 1. The Hall–Kier alpha value is -2.43. The molecule has 0 bridgehead atoms. The summed E-state index contributed by atoms with van der Waals surface area (Å²) in [6, 6.07) is 11.1. The van der Waals surface area contributed by atoms with E-state index in [4.69, 9.17) is 0 Å². The van der Waals surface area contributed by atoms with Crippen molar-refractivity contribution < 1.29 is 4.79 Å². The second-order valence-corrected chi connectivity index (χ2v) is 5.66. The number of likely N-dealkylation sites (tertiary alicyclic amines) is 1. The van der Waals surface area contributed by atoms with Crippen LogP contribution in [0.15, 0.2) is 41.2 Å². The maximum absolute atomic E-state index is 12.6. The van der Waals surface area contributed by atoms with Crippen LogP contribution in [0.4, 0.5) is 0 Å². The van der Waals surface area contributed by atoms with Crippen molar-refractivity contribution in [2.75, 3.05) is 6.54 Å². The van der Waals surface area contributed by atoms with Crippen LogP contribution in [0.3, 0.4) is 0 Å². The first-order chi connectivity index (χ1) is 10.6. The Bertz CT molecular complexity index is 724. The third-order valence-electron chi connectivity index (χ3n) is 3.99. The van der Waals surface area contributed by atoms with Crippen molar-refractivity contribution in [3.63, 3.8) is 0 Å². The SMILES string of the molecule is Cc1nc(C2CCCN2C(=O)Cc2ccccc2)cc(=O)[nH]1. The molecule has 1 unspecified atom stereocenters. The van der Waals surface area contributed by atoms with Gasteiger partial charge in [0.25, 0.3) is 5.56 Å². The van der Waals surface area contributed by atoms with Crippen LogP contribution < -0.4 is 5.56 Å². The van der Waals surface area contributed by atoms with Gasteiger partial charge in [-0.3, -0.25) is 9.59 Å². The molecule has 22 heavy (non-hydrogen) atoms. The Morgan fingerprint density at radius 1 is 1.36 bits per heavy atom. The van der Waals surface area contributed by atoms with Gasteiger partial charge in [-0.05, 0) is 25.3 Å². The zero-order valence-corrected chi connectivity index (χ0v) is 12.6. The van der Waals surface area contributed by atoms with E-state index in [0.29, 0.717) is 17.9 Å². The first kappa shape index (κ1) is 14.5. The molecule has 3 rings (SSSR count). The molecule has 2 aromatic rings. The van der Waals surface area contributed by atoms with Crippen molar-refractivity contribution in [1.82, 2.24) is 14.9 Å². The molecule has 5 heteroatoms. The average molecular weight is 297 g/mol. The fourth-order valence-electron chi connectivity index (χ4n) is 3.02. The molecule has 1 aliphatic heterocycles. The molecule has 0 radical (unpaired) electrons. The number of carbonyl (C=O) groups excluding carboxylic acids is 1. The molecular formula is C17H19N3O2. The predicted molar refractivity (Wildman–Crippen MR) is 83.4 cm³/mol. The van der Waals surface area contributed by atoms with Gasteiger partial charge in [0.05, 0.1) is 18.2 Å². The number of benzene rings is 1. The van der Waals surface area contributed by atoms with Crippen LogP contribution in [0.5, 0.6) is 0 Å². The van der Waals surface area contributed by atoms with Crippen LogP contribution in [0, 0.1) is 6.92 Å². The predicted octanol–water partition coefficient (Wildman–Crippen LogP) is 1.98. The average Bonchev–Trinajstić information content (AvgIpc) is 2.97. The largest absolute Gasteiger partial charge is 0.334 e. The third-order valence-corrected chi connectivity index (χ3v) is 3.99. The second-order valence-electron chi connectivity index (χ2n) is 5.66. The maximum atomic E-state index is 12.6. The number of hydrogen-bond donors (Lipinski definition) is 1. The first-order valence-corrected chi connectivity index (χ1v) is 7.55. The Morgan fingerprint density at radius 3 is 2.86 bits per heavy atom. The van der Waals surface area contributed by atoms with Crippen LogP contribution >= 0.6 is 0 Å². The van der Waals surface area contributed by atoms with E-state index in [0.717, 1.165) is 24.9 Å². The van der Waals surface area contributed by atoms with Gasteiger partial charge in [0.15, 0.2) is 0 Å². The standard InChI is InChI=1S/C17H19N3O2/c1-12-18-14(11-16(21)19-12)15-8-5-9-20(15)17(22)10-13-6-3-2-4-7-13/h2-4,6-7,11,15H,5,8-10H2,1H3,(H,18,19,21). The smallest absolute Gasteiger partial charge is 0.251 e. The molecule has 1 aromatic carbocycles. The lowest BCUT2D eigenvalue weighted by molar-refractivity contribution is -0.131. The van der Waals surface area contributed by atoms with Crippen molar-refractivity contribution >= 4 is 5.91 Å². The molecule has 1 amide bonds. The molecule has 0 saturated carbocycles. The van der Waals surface area contributed by atoms with Gasteiger partial charge in [0.1, 0.15) is 5.82 Å². The number of nitrogens with zero attached hydrogens (tertiary/aromatic N) is 2. The second kappa shape index (κ2) is 6.13. The van der Waals surface area contributed by atoms with Crippen LogP contribution in [0.1, 0.15) is 36.0 Å². The molecule has 1 atom stereocenters. The van der Waals surface area contributed by atoms with Gasteiger partial charge in [0, 0.05) is 12.6 Å². The lowest BCUT2D eigenvalue weighted by Gasteiger charge is -2.24. The lowest BCUT2D eigenvalue weighted by atomic mass is 10.1. The summed E-state index contributed by atoms with van der Waals surface area (Å²) in [5, 5.41) is 0. The highest BCUT2D eigenvalue weighted by Crippen LogP contribution is 2.30. The molecule has 2 heterocycles. The quantitative estimate of drug-likeness (QED) is 0.942. The highest BCUT2D eigenvalue weighted by Gasteiger charge is 2.31. The summed E-state index contributed by atoms with van der Waals surface area (Å²) in [5.41, 5.74) is 1.54. The summed E-state index contributed by atoms with van der Waals surface area (Å²) >= 11 is 0. The number of aromatic nitrogens is 2. The molecule has 0 spiro atoms. The van der Waals surface area contributed by atoms with E-state index in [-0.39, 0.29) is 17.5 Å². The highest BCUT2D eigenvalue weighted by molar-refractivity contribution is 5.79. The monoisotopic (exact) mass is 297 g/mol. The van der Waals surface area contributed by atoms with E-state index in [1.54, 1.807) is 6.92 Å². The fourth-order valence-corrected chi connectivity index (χ4v) is 3.02. The van der Waals surface area contributed by atoms with Crippen molar-refractivity contribution in [1.29, 1.82) is 0 Å². The topological polar surface area (TPSA) is 66.1 Å². The van der Waals surface area contributed by atoms with Crippen LogP contribution in [-0.4, -0.2) is 27.3 Å². The summed E-state index contributed by atoms with van der Waals surface area (Å²) < 4.78 is 0. The summed E-state index contributed by atoms with van der Waals surface area (Å²) in [4.78, 5) is 33.1. The van der Waals surface area contributed by atoms with Gasteiger partial charge in [-0.15, -0.1) is 0 Å². The summed E-state index contributed by atoms with van der Waals surface area (Å²) in [5.74, 6) is 0.679. The first-order valence-electron chi connectivity index (χ1n) is 7.55. The van der Waals surface area contributed by atoms with Gasteiger partial charge >= 0.3 is 0 Å². The Balaban J connectivity index is 1.80. The Morgan fingerprint density at radius 2 is 2.14 bits per heavy atom. The molecule has 114 valence electrons. The molecule has 0 aliphatic carbocycles. The van der Waals surface area contributed by atoms with Gasteiger partial charge < -0.3 is 9.88 Å². The summed E-state index contributed by atoms with van der Waals surface area (Å²) in [6.07, 6.45) is 2.19. The van der Waals surface area contributed by atoms with Crippen molar-refractivity contribution in [2.24, 2.45) is 0 Å². The third kappa shape index (κ3) is 3.08. The van der Waals surface area contributed by atoms with Gasteiger partial charge in [-0.1, -0.05) is 30.3 Å². The normalized spacial score (nSPS) is 17.7. The molecular weight excluding hydrogens is 278 g/mol. The number of amides is 1. The number of H-pyrrole nitrogens is 1. The molecule has 1 aliphatic rings. The lowest BCUT2D eigenvalue weighted by Crippen LogP contribution is -2.33. The number of hydrogen-bond acceptors (Lipinski definition) is 3. The van der Waals surface area contributed by atoms with E-state index in [1.165, 1.54) is 6.07 Å². The van der Waals surface area contributed by atoms with Crippen LogP contribution in [-0.2, 0) is 11.2 Å². The zero-order chi connectivity index (χ0) is 15.5. The fraction of sp³-hybridized carbons (Fsp3) is 0.353. The van der Waals surface area contributed by atoms with Crippen molar-refractivity contribution in [3.8, 4) is 0 Å². The van der Waals surface area contributed by atoms with E-state index in [2.05, 4.69) is 9.97 Å². The Labute approximate surface area is 129 Å². The van der Waals surface area contributed by atoms with Gasteiger partial charge in [-0.25, -0.2) is 4.98 Å². The highest BCUT2D eigenvalue weighted by atomic mass is 16.2. The number of nitrogens with one attached hydrogen (secondary N) is 1. The number of aryl methyl sites for hydroxylation is 1. The van der Waals surface area contributed by atoms with Crippen molar-refractivity contribution in [3.05, 3.63) is 63.8 Å². The zero-order valence-electron chi connectivity index (χ0n) is 12.6. The number of carbonyl (C=O) groups is 1. The van der Waals surface area contributed by atoms with Gasteiger partial charge in [-0.2, -0.15) is 0 Å². The molecule has 1 saturated heterocycles. The molecule has 1 aromatic heterocycles. The van der Waals surface area contributed by atoms with Crippen LogP contribution in [0.25, 0.3) is 0 Å². The maximum Gasteiger partial charge on any atom is 0.251 e. The molecule has 1 fully saturated rings. The summed E-state index contributed by atoms with van der Waals surface area (Å²) in [6.45, 7) is 2.49. The van der Waals surface area contributed by atoms with Gasteiger partial charge in [0.2, 0.25) is 5.91 Å². The molecule has 5 nitrogen and oxygen atoms in total. The van der Waals surface area contributed by atoms with E-state index < -0.39 is 0 Å². The van der Waals surface area contributed by atoms with Crippen molar-refractivity contribution in [2.45, 2.75) is 32.2 Å². The summed E-state index contributed by atoms with van der Waals surface area (Å²) in [7, 11) is 0. The minimum absolute atomic E-state index is 0.0859. The Kier molecular flexibility index (Phi) is 4.04. The number of rotatable bonds is 3. The van der Waals surface area contributed by atoms with Crippen LogP contribution in [0.2, 0.25) is 0 Å². The molecule has 1 N–H and O–H groups in total. The minimum Gasteiger partial charge on any atom is -0.334 e. The minimum atomic E-state index is -0.162. The van der Waals surface area contributed by atoms with E-state index in [1.807, 2.05) is 35.2 Å².